The second-order valence-electron chi connectivity index (χ2n) is 29.3. The Kier molecular flexibility index (Phi) is 21.6. The first-order chi connectivity index (χ1) is 26.1. The van der Waals surface area contributed by atoms with E-state index < -0.39 is 87.2 Å². The monoisotopic (exact) mass is 1030 g/mol. The van der Waals surface area contributed by atoms with Crippen LogP contribution in [0.25, 0.3) is 0 Å². The van der Waals surface area contributed by atoms with Crippen molar-refractivity contribution < 1.29 is 4.57 Å². The van der Waals surface area contributed by atoms with Gasteiger partial charge in [0.2, 0.25) is 0 Å². The van der Waals surface area contributed by atoms with Gasteiger partial charge in [0.15, 0.2) is 5.45 Å². The summed E-state index contributed by atoms with van der Waals surface area (Å²) >= 11 is 0. The van der Waals surface area contributed by atoms with Crippen molar-refractivity contribution in [3.63, 3.8) is 0 Å². The molecule has 0 radical (unpaired) electrons. The molecule has 0 bridgehead atoms. The Bertz CT molecular complexity index is 1410. The van der Waals surface area contributed by atoms with Crippen LogP contribution >= 0.6 is 0 Å². The lowest BCUT2D eigenvalue weighted by Gasteiger charge is -2.70. The van der Waals surface area contributed by atoms with Gasteiger partial charge in [0.25, 0.3) is 0 Å². The van der Waals surface area contributed by atoms with Crippen LogP contribution in [0.3, 0.4) is 0 Å². The van der Waals surface area contributed by atoms with Crippen LogP contribution in [0.1, 0.15) is 72.2 Å². The number of imidazole rings is 1. The molecule has 1 aromatic rings. The highest BCUT2D eigenvalue weighted by Gasteiger charge is 2.65. The summed E-state index contributed by atoms with van der Waals surface area (Å²) < 4.78 is 5.76. The molecule has 0 aliphatic heterocycles. The van der Waals surface area contributed by atoms with E-state index in [4.69, 9.17) is 0 Å². The second kappa shape index (κ2) is 21.0. The minimum Gasteiger partial charge on any atom is -0.445 e. The molecule has 0 N–H and O–H groups in total. The Morgan fingerprint density at radius 3 is 0.900 bits per heavy atom. The van der Waals surface area contributed by atoms with Crippen LogP contribution in [0.2, 0.25) is 187 Å². The summed E-state index contributed by atoms with van der Waals surface area (Å²) in [5, 5.41) is 0. The molecule has 1 heterocycles. The first-order valence-electron chi connectivity index (χ1n) is 24.8. The zero-order valence-electron chi connectivity index (χ0n) is 48.0. The molecule has 0 spiro atoms. The highest BCUT2D eigenvalue weighted by atomic mass is 29.6. The van der Waals surface area contributed by atoms with Crippen LogP contribution in [0, 0.1) is 13.8 Å². The molecule has 0 aliphatic rings. The Balaban J connectivity index is 0.00000653. The Morgan fingerprint density at radius 2 is 0.750 bits per heavy atom. The van der Waals surface area contributed by atoms with Gasteiger partial charge in [-0.15, -0.1) is 7.59 Å². The molecule has 0 saturated heterocycles. The number of nitrogens with zero attached hydrogens (tertiary/aromatic N) is 2. The molecule has 356 valence electrons. The van der Waals surface area contributed by atoms with E-state index in [1.807, 2.05) is 5.45 Å². The van der Waals surface area contributed by atoms with Crippen molar-refractivity contribution in [1.82, 2.24) is 4.57 Å². The summed E-state index contributed by atoms with van der Waals surface area (Å²) in [4.78, 5) is 4.10. The summed E-state index contributed by atoms with van der Waals surface area (Å²) in [6.07, 6.45) is 4.08. The first kappa shape index (κ1) is 61.8. The van der Waals surface area contributed by atoms with Crippen molar-refractivity contribution in [1.29, 1.82) is 0 Å². The summed E-state index contributed by atoms with van der Waals surface area (Å²) in [6.45, 7) is 90.1. The van der Waals surface area contributed by atoms with Crippen molar-refractivity contribution in [3.05, 3.63) is 11.4 Å². The number of rotatable bonds is 19. The normalized spacial score (nSPS) is 15.4. The standard InChI is InChI=1S/C41H102N2Si12.C5H12/c1-33(2)54(38(46(9,10)11)47(12,13)14,39(48(15,16)17)49(18,19)20)44-45(37-42(7)35(5)36(6)43(37)8)55(34(3)4,40(50(21,22)23)51(24,25)26)41(52(27,28)29)53(30,31)32;1-3-5-4-2/h33-34,38-41H,1-32H3;3-5H2,1-2H3. The molecule has 0 saturated carbocycles. The van der Waals surface area contributed by atoms with Crippen LogP contribution in [0.4, 0.5) is 0 Å². The molecule has 0 aliphatic carbocycles. The third-order valence-electron chi connectivity index (χ3n) is 14.6. The minimum atomic E-state index is -2.18. The van der Waals surface area contributed by atoms with Gasteiger partial charge < -0.3 is 8.13 Å². The molecule has 14 heteroatoms. The fraction of sp³-hybridized carbons (Fsp3) is 0.935. The van der Waals surface area contributed by atoms with Gasteiger partial charge in [-0.3, -0.25) is 0 Å². The van der Waals surface area contributed by atoms with Crippen molar-refractivity contribution >= 4 is 101 Å². The third-order valence-corrected chi connectivity index (χ3v) is 125. The van der Waals surface area contributed by atoms with Crippen molar-refractivity contribution in [2.45, 2.75) is 262 Å². The Hall–Kier alpha value is 1.81. The van der Waals surface area contributed by atoms with Gasteiger partial charge >= 0.3 is 0 Å². The lowest BCUT2D eigenvalue weighted by atomic mass is 10.3. The average molecular weight is 1030 g/mol. The number of unbranched alkanes of at least 4 members (excludes halogenated alkanes) is 2. The van der Waals surface area contributed by atoms with Crippen LogP contribution in [0.5, 0.6) is 0 Å². The molecular weight excluding hydrogens is 918 g/mol. The molecule has 60 heavy (non-hydrogen) atoms. The molecule has 0 unspecified atom stereocenters. The number of hydrogen-bond donors (Lipinski definition) is 0. The van der Waals surface area contributed by atoms with Crippen LogP contribution in [-0.2, 0) is 14.1 Å². The maximum absolute atomic E-state index is 2.89. The highest BCUT2D eigenvalue weighted by Crippen LogP contribution is 2.59. The van der Waals surface area contributed by atoms with Gasteiger partial charge in [-0.05, 0) is 0 Å². The minimum absolute atomic E-state index is 0.810. The lowest BCUT2D eigenvalue weighted by Crippen LogP contribution is -2.81. The molecule has 0 atom stereocenters. The molecule has 0 aromatic carbocycles. The van der Waals surface area contributed by atoms with Gasteiger partial charge in [0, 0.05) is 86.0 Å². The smallest absolute Gasteiger partial charge is 0.198 e. The molecule has 1 rings (SSSR count). The summed E-state index contributed by atoms with van der Waals surface area (Å²) in [6, 6.07) is 0. The predicted octanol–water partition coefficient (Wildman–Crippen LogP) is 15.4. The maximum Gasteiger partial charge on any atom is 0.198 e. The number of aromatic nitrogens is 2. The largest absolute Gasteiger partial charge is 0.445 e. The second-order valence-corrected chi connectivity index (χ2v) is 101. The van der Waals surface area contributed by atoms with Crippen LogP contribution < -0.4 is 10.0 Å². The van der Waals surface area contributed by atoms with E-state index >= 15 is 0 Å². The van der Waals surface area contributed by atoms with Crippen LogP contribution in [0.15, 0.2) is 0 Å². The molecule has 0 amide bonds. The Labute approximate surface area is 394 Å². The van der Waals surface area contributed by atoms with Gasteiger partial charge in [-0.25, -0.2) is 9.13 Å². The quantitative estimate of drug-likeness (QED) is 0.0965. The van der Waals surface area contributed by atoms with E-state index in [0.717, 1.165) is 30.2 Å². The molecular formula is C46H114N2Si12. The SMILES string of the molecule is CCCCC.Cc1c(C)[n+](C)c([Si](=[Si-][Si](C(C)C)(C([Si](C)(C)C)[Si](C)(C)C)C([Si](C)(C)C)[Si](C)(C)C)[Si](C(C)C)(C([Si](C)(C)C)[Si](C)(C)C)C([Si](C)(C)C)[Si](C)(C)C)n1C. The third kappa shape index (κ3) is 13.7. The molecule has 1 aromatic heterocycles. The van der Waals surface area contributed by atoms with E-state index in [1.54, 1.807) is 11.4 Å². The van der Waals surface area contributed by atoms with Crippen molar-refractivity contribution in [2.24, 2.45) is 14.1 Å². The van der Waals surface area contributed by atoms with Gasteiger partial charge in [0.05, 0.1) is 14.1 Å². The van der Waals surface area contributed by atoms with Crippen molar-refractivity contribution in [3.8, 4) is 0 Å². The van der Waals surface area contributed by atoms with E-state index in [1.165, 1.54) is 27.4 Å². The van der Waals surface area contributed by atoms with E-state index in [9.17, 15) is 0 Å². The summed E-state index contributed by atoms with van der Waals surface area (Å²) in [7, 11) is -12.0. The molecule has 0 fully saturated rings. The van der Waals surface area contributed by atoms with Gasteiger partial charge in [0.1, 0.15) is 11.4 Å². The fourth-order valence-corrected chi connectivity index (χ4v) is 215. The maximum atomic E-state index is 2.89. The zero-order valence-corrected chi connectivity index (χ0v) is 60.0. The van der Waals surface area contributed by atoms with E-state index in [-0.39, 0.29) is 0 Å². The van der Waals surface area contributed by atoms with E-state index in [0.29, 0.717) is 0 Å². The fourth-order valence-electron chi connectivity index (χ4n) is 15.8. The van der Waals surface area contributed by atoms with Crippen molar-refractivity contribution in [2.75, 3.05) is 0 Å². The average Bonchev–Trinajstić information content (AvgIpc) is 3.11. The van der Waals surface area contributed by atoms with E-state index in [2.05, 4.69) is 236 Å². The topological polar surface area (TPSA) is 8.81 Å². The summed E-state index contributed by atoms with van der Waals surface area (Å²) in [5.41, 5.74) is 6.63. The molecule has 2 nitrogen and oxygen atoms in total. The van der Waals surface area contributed by atoms with Crippen LogP contribution in [-0.4, -0.2) is 99.9 Å². The lowest BCUT2D eigenvalue weighted by molar-refractivity contribution is -0.659. The Morgan fingerprint density at radius 1 is 0.483 bits per heavy atom. The van der Waals surface area contributed by atoms with Gasteiger partial charge in [-0.2, -0.15) is 0 Å². The zero-order chi connectivity index (χ0) is 48.8. The highest BCUT2D eigenvalue weighted by molar-refractivity contribution is 7.62. The summed E-state index contributed by atoms with van der Waals surface area (Å²) in [5.74, 6) is 0. The first-order valence-corrected chi connectivity index (χ1v) is 63.4. The predicted molar refractivity (Wildman–Crippen MR) is 316 cm³/mol. The van der Waals surface area contributed by atoms with Gasteiger partial charge in [-0.1, -0.05) is 256 Å². The number of hydrogen-bond acceptors (Lipinski definition) is 0.